The monoisotopic (exact) mass is 378 g/mol. The second-order valence-corrected chi connectivity index (χ2v) is 6.28. The molecule has 1 amide bonds. The molecule has 0 aliphatic heterocycles. The van der Waals surface area contributed by atoms with E-state index in [1.54, 1.807) is 18.2 Å². The number of fused-ring (bicyclic) bond motifs is 1. The highest BCUT2D eigenvalue weighted by molar-refractivity contribution is 7.18. The summed E-state index contributed by atoms with van der Waals surface area (Å²) in [6, 6.07) is 6.87. The third-order valence-electron chi connectivity index (χ3n) is 3.51. The van der Waals surface area contributed by atoms with Gasteiger partial charge in [-0.1, -0.05) is 0 Å². The fourth-order valence-corrected chi connectivity index (χ4v) is 3.15. The number of carbonyl (C=O) groups excluding carboxylic acids is 2. The van der Waals surface area contributed by atoms with Crippen LogP contribution in [0.1, 0.15) is 25.7 Å². The summed E-state index contributed by atoms with van der Waals surface area (Å²) in [5.41, 5.74) is 5.04. The van der Waals surface area contributed by atoms with E-state index in [1.807, 2.05) is 0 Å². The Kier molecular flexibility index (Phi) is 4.81. The first-order valence-electron chi connectivity index (χ1n) is 7.29. The molecular formula is C17H12F2N2O4S. The van der Waals surface area contributed by atoms with Gasteiger partial charge in [0.2, 0.25) is 0 Å². The fourth-order valence-electron chi connectivity index (χ4n) is 2.29. The molecule has 134 valence electrons. The molecule has 0 saturated carbocycles. The number of hydrogen-bond donors (Lipinski definition) is 1. The fraction of sp³-hybridized carbons (Fsp3) is 0.118. The van der Waals surface area contributed by atoms with Gasteiger partial charge in [0, 0.05) is 0 Å². The number of amides is 1. The average Bonchev–Trinajstić information content (AvgIpc) is 3.02. The minimum Gasteiger partial charge on any atom is -0.483 e. The number of halogens is 2. The summed E-state index contributed by atoms with van der Waals surface area (Å²) < 4.78 is 38.4. The summed E-state index contributed by atoms with van der Waals surface area (Å²) in [5, 5.41) is 0.506. The topological polar surface area (TPSA) is 91.5 Å². The predicted octanol–water partition coefficient (Wildman–Crippen LogP) is 3.04. The lowest BCUT2D eigenvalue weighted by Gasteiger charge is -2.08. The Morgan fingerprint density at radius 1 is 1.23 bits per heavy atom. The van der Waals surface area contributed by atoms with Gasteiger partial charge in [0.1, 0.15) is 23.0 Å². The smallest absolute Gasteiger partial charge is 0.337 e. The molecule has 6 nitrogen and oxygen atoms in total. The Balaban J connectivity index is 1.83. The van der Waals surface area contributed by atoms with Gasteiger partial charge in [-0.3, -0.25) is 4.79 Å². The van der Waals surface area contributed by atoms with Gasteiger partial charge in [0.05, 0.1) is 22.9 Å². The number of primary amides is 1. The van der Waals surface area contributed by atoms with Gasteiger partial charge in [-0.05, 0) is 30.3 Å². The number of rotatable bonds is 5. The largest absolute Gasteiger partial charge is 0.483 e. The molecule has 3 aromatic rings. The minimum atomic E-state index is -1.22. The first-order valence-corrected chi connectivity index (χ1v) is 8.10. The summed E-state index contributed by atoms with van der Waals surface area (Å²) in [5.74, 6) is -4.23. The third kappa shape index (κ3) is 3.33. The lowest BCUT2D eigenvalue weighted by molar-refractivity contribution is 0.0600. The van der Waals surface area contributed by atoms with Crippen LogP contribution in [0.4, 0.5) is 8.78 Å². The van der Waals surface area contributed by atoms with Gasteiger partial charge in [-0.25, -0.2) is 18.6 Å². The average molecular weight is 378 g/mol. The standard InChI is InChI=1S/C17H12F2N2O4S/c1-24-17(23)8-2-5-12-10(6-8)21-13(26-12)7-25-11-4-3-9(18)14(15(11)19)16(20)22/h2-6H,7H2,1H3,(H2,20,22). The van der Waals surface area contributed by atoms with Crippen molar-refractivity contribution in [3.05, 3.63) is 58.1 Å². The number of hydrogen-bond acceptors (Lipinski definition) is 6. The van der Waals surface area contributed by atoms with Crippen LogP contribution in [0.3, 0.4) is 0 Å². The van der Waals surface area contributed by atoms with Crippen LogP contribution in [0.5, 0.6) is 5.75 Å². The lowest BCUT2D eigenvalue weighted by atomic mass is 10.2. The zero-order valence-electron chi connectivity index (χ0n) is 13.4. The van der Waals surface area contributed by atoms with Crippen molar-refractivity contribution in [3.63, 3.8) is 0 Å². The number of aromatic nitrogens is 1. The number of ether oxygens (including phenoxy) is 2. The second-order valence-electron chi connectivity index (χ2n) is 5.17. The molecule has 0 atom stereocenters. The van der Waals surface area contributed by atoms with E-state index in [4.69, 9.17) is 10.5 Å². The van der Waals surface area contributed by atoms with Crippen molar-refractivity contribution >= 4 is 33.4 Å². The Labute approximate surface area is 150 Å². The zero-order chi connectivity index (χ0) is 18.8. The molecule has 0 radical (unpaired) electrons. The van der Waals surface area contributed by atoms with Crippen LogP contribution in [0.25, 0.3) is 10.2 Å². The lowest BCUT2D eigenvalue weighted by Crippen LogP contribution is -2.16. The predicted molar refractivity (Wildman–Crippen MR) is 90.2 cm³/mol. The van der Waals surface area contributed by atoms with Crippen LogP contribution >= 0.6 is 11.3 Å². The van der Waals surface area contributed by atoms with Crippen LogP contribution < -0.4 is 10.5 Å². The van der Waals surface area contributed by atoms with Gasteiger partial charge in [-0.2, -0.15) is 0 Å². The molecule has 0 aliphatic carbocycles. The molecule has 9 heteroatoms. The third-order valence-corrected chi connectivity index (χ3v) is 4.52. The van der Waals surface area contributed by atoms with Crippen LogP contribution in [0.2, 0.25) is 0 Å². The van der Waals surface area contributed by atoms with Crippen molar-refractivity contribution in [2.75, 3.05) is 7.11 Å². The molecule has 1 heterocycles. The van der Waals surface area contributed by atoms with E-state index in [2.05, 4.69) is 9.72 Å². The van der Waals surface area contributed by atoms with Gasteiger partial charge in [-0.15, -0.1) is 11.3 Å². The van der Waals surface area contributed by atoms with E-state index >= 15 is 0 Å². The van der Waals surface area contributed by atoms with Crippen molar-refractivity contribution < 1.29 is 27.8 Å². The summed E-state index contributed by atoms with van der Waals surface area (Å²) >= 11 is 1.29. The van der Waals surface area contributed by atoms with Crippen molar-refractivity contribution in [3.8, 4) is 5.75 Å². The SMILES string of the molecule is COC(=O)c1ccc2sc(COc3ccc(F)c(C(N)=O)c3F)nc2c1. The van der Waals surface area contributed by atoms with Gasteiger partial charge < -0.3 is 15.2 Å². The van der Waals surface area contributed by atoms with Crippen LogP contribution in [-0.4, -0.2) is 24.0 Å². The highest BCUT2D eigenvalue weighted by atomic mass is 32.1. The van der Waals surface area contributed by atoms with E-state index in [1.165, 1.54) is 18.4 Å². The number of nitrogens with two attached hydrogens (primary N) is 1. The highest BCUT2D eigenvalue weighted by Crippen LogP contribution is 2.27. The maximum absolute atomic E-state index is 14.1. The van der Waals surface area contributed by atoms with Gasteiger partial charge in [0.15, 0.2) is 11.6 Å². The van der Waals surface area contributed by atoms with Crippen molar-refractivity contribution in [2.24, 2.45) is 5.73 Å². The van der Waals surface area contributed by atoms with Crippen molar-refractivity contribution in [1.29, 1.82) is 0 Å². The van der Waals surface area contributed by atoms with Crippen molar-refractivity contribution in [2.45, 2.75) is 6.61 Å². The van der Waals surface area contributed by atoms with E-state index in [9.17, 15) is 18.4 Å². The Bertz CT molecular complexity index is 1020. The zero-order valence-corrected chi connectivity index (χ0v) is 14.2. The Morgan fingerprint density at radius 2 is 2.00 bits per heavy atom. The first-order chi connectivity index (χ1) is 12.4. The van der Waals surface area contributed by atoms with E-state index in [0.29, 0.717) is 16.1 Å². The number of esters is 1. The summed E-state index contributed by atoms with van der Waals surface area (Å²) in [6.45, 7) is -0.104. The molecule has 0 spiro atoms. The molecule has 2 aromatic carbocycles. The molecule has 26 heavy (non-hydrogen) atoms. The number of nitrogens with zero attached hydrogens (tertiary/aromatic N) is 1. The molecule has 0 fully saturated rings. The van der Waals surface area contributed by atoms with Gasteiger partial charge >= 0.3 is 5.97 Å². The highest BCUT2D eigenvalue weighted by Gasteiger charge is 2.19. The molecule has 0 bridgehead atoms. The Hall–Kier alpha value is -3.07. The number of benzene rings is 2. The van der Waals surface area contributed by atoms with Crippen LogP contribution in [0.15, 0.2) is 30.3 Å². The maximum Gasteiger partial charge on any atom is 0.337 e. The molecule has 0 unspecified atom stereocenters. The summed E-state index contributed by atoms with van der Waals surface area (Å²) in [4.78, 5) is 27.0. The van der Waals surface area contributed by atoms with Crippen LogP contribution in [0, 0.1) is 11.6 Å². The normalized spacial score (nSPS) is 10.7. The summed E-state index contributed by atoms with van der Waals surface area (Å²) in [7, 11) is 1.28. The van der Waals surface area contributed by atoms with Crippen molar-refractivity contribution in [1.82, 2.24) is 4.98 Å². The quantitative estimate of drug-likeness (QED) is 0.689. The molecule has 0 aliphatic rings. The molecule has 2 N–H and O–H groups in total. The molecule has 1 aromatic heterocycles. The van der Waals surface area contributed by atoms with E-state index in [-0.39, 0.29) is 12.4 Å². The van der Waals surface area contributed by atoms with Crippen LogP contribution in [-0.2, 0) is 11.3 Å². The number of thiazole rings is 1. The Morgan fingerprint density at radius 3 is 2.69 bits per heavy atom. The van der Waals surface area contributed by atoms with E-state index < -0.39 is 29.1 Å². The molecular weight excluding hydrogens is 366 g/mol. The molecule has 0 saturated heterocycles. The second kappa shape index (κ2) is 7.04. The summed E-state index contributed by atoms with van der Waals surface area (Å²) in [6.07, 6.45) is 0. The number of methoxy groups -OCH3 is 1. The minimum absolute atomic E-state index is 0.104. The van der Waals surface area contributed by atoms with E-state index in [0.717, 1.165) is 16.8 Å². The number of carbonyl (C=O) groups is 2. The van der Waals surface area contributed by atoms with Gasteiger partial charge in [0.25, 0.3) is 5.91 Å². The maximum atomic E-state index is 14.1. The molecule has 3 rings (SSSR count). The first kappa shape index (κ1) is 17.7.